The number of carbonyl (C=O) groups excluding carboxylic acids is 1. The summed E-state index contributed by atoms with van der Waals surface area (Å²) in [6, 6.07) is 19.9. The maximum atomic E-state index is 12.7. The first kappa shape index (κ1) is 21.7. The topological polar surface area (TPSA) is 110 Å². The second-order valence-corrected chi connectivity index (χ2v) is 6.97. The molecule has 0 aliphatic carbocycles. The lowest BCUT2D eigenvalue weighted by molar-refractivity contribution is -0.384. The lowest BCUT2D eigenvalue weighted by Crippen LogP contribution is -2.17. The molecule has 2 N–H and O–H groups in total. The van der Waals surface area contributed by atoms with Gasteiger partial charge in [0.2, 0.25) is 5.91 Å². The van der Waals surface area contributed by atoms with Crippen LogP contribution in [0.5, 0.6) is 0 Å². The number of carboxylic acid groups (broad SMARTS) is 1. The van der Waals surface area contributed by atoms with Crippen LogP contribution in [0.4, 0.5) is 11.4 Å². The zero-order valence-electron chi connectivity index (χ0n) is 17.0. The van der Waals surface area contributed by atoms with E-state index >= 15 is 0 Å². The molecule has 0 unspecified atom stereocenters. The van der Waals surface area contributed by atoms with Crippen molar-refractivity contribution in [2.75, 3.05) is 5.32 Å². The molecule has 3 aromatic rings. The summed E-state index contributed by atoms with van der Waals surface area (Å²) < 4.78 is 0. The molecule has 7 heteroatoms. The van der Waals surface area contributed by atoms with Crippen molar-refractivity contribution in [1.29, 1.82) is 0 Å². The van der Waals surface area contributed by atoms with Gasteiger partial charge in [0.15, 0.2) is 0 Å². The Morgan fingerprint density at radius 3 is 2.32 bits per heavy atom. The van der Waals surface area contributed by atoms with Gasteiger partial charge in [0.1, 0.15) is 5.69 Å². The summed E-state index contributed by atoms with van der Waals surface area (Å²) in [6.45, 7) is 1.69. The molecule has 0 saturated carbocycles. The van der Waals surface area contributed by atoms with Gasteiger partial charge in [0.25, 0.3) is 5.69 Å². The first-order valence-corrected chi connectivity index (χ1v) is 9.89. The molecule has 3 rings (SSSR count). The molecule has 0 spiro atoms. The van der Waals surface area contributed by atoms with E-state index in [4.69, 9.17) is 0 Å². The summed E-state index contributed by atoms with van der Waals surface area (Å²) in [7, 11) is 0. The van der Waals surface area contributed by atoms with Gasteiger partial charge in [-0.1, -0.05) is 61.5 Å². The Hall–Kier alpha value is -4.00. The molecule has 0 bridgehead atoms. The predicted octanol–water partition coefficient (Wildman–Crippen LogP) is 5.09. The van der Waals surface area contributed by atoms with Crippen LogP contribution >= 0.6 is 0 Å². The summed E-state index contributed by atoms with van der Waals surface area (Å²) in [5.41, 5.74) is 2.85. The molecule has 0 aromatic heterocycles. The smallest absolute Gasteiger partial charge is 0.336 e. The van der Waals surface area contributed by atoms with E-state index in [1.54, 1.807) is 6.92 Å². The van der Waals surface area contributed by atoms with Gasteiger partial charge >= 0.3 is 5.97 Å². The number of aromatic carboxylic acids is 1. The van der Waals surface area contributed by atoms with Crippen molar-refractivity contribution in [2.24, 2.45) is 0 Å². The molecular formula is C24H22N2O5. The summed E-state index contributed by atoms with van der Waals surface area (Å²) in [5.74, 6) is -1.61. The van der Waals surface area contributed by atoms with Crippen LogP contribution in [-0.2, 0) is 17.6 Å². The van der Waals surface area contributed by atoms with Crippen LogP contribution < -0.4 is 5.32 Å². The van der Waals surface area contributed by atoms with Gasteiger partial charge in [0, 0.05) is 12.5 Å². The number of hydrogen-bond acceptors (Lipinski definition) is 4. The highest BCUT2D eigenvalue weighted by Crippen LogP contribution is 2.32. The number of rotatable bonds is 8. The lowest BCUT2D eigenvalue weighted by atomic mass is 9.96. The summed E-state index contributed by atoms with van der Waals surface area (Å²) in [6.07, 6.45) is 0.766. The fourth-order valence-electron chi connectivity index (χ4n) is 3.58. The highest BCUT2D eigenvalue weighted by Gasteiger charge is 2.24. The van der Waals surface area contributed by atoms with E-state index in [2.05, 4.69) is 5.32 Å². The van der Waals surface area contributed by atoms with Crippen LogP contribution in [0.2, 0.25) is 0 Å². The summed E-state index contributed by atoms with van der Waals surface area (Å²) >= 11 is 0. The Bertz CT molecular complexity index is 1130. The molecule has 0 saturated heterocycles. The van der Waals surface area contributed by atoms with E-state index in [0.717, 1.165) is 22.8 Å². The molecule has 0 radical (unpaired) electrons. The Labute approximate surface area is 179 Å². The molecule has 0 aliphatic rings. The van der Waals surface area contributed by atoms with Crippen molar-refractivity contribution in [3.63, 3.8) is 0 Å². The van der Waals surface area contributed by atoms with Gasteiger partial charge in [-0.25, -0.2) is 4.79 Å². The van der Waals surface area contributed by atoms with Gasteiger partial charge in [0.05, 0.1) is 10.5 Å². The fourth-order valence-corrected chi connectivity index (χ4v) is 3.58. The van der Waals surface area contributed by atoms with Gasteiger partial charge in [-0.3, -0.25) is 14.9 Å². The first-order valence-electron chi connectivity index (χ1n) is 9.89. The third-order valence-electron chi connectivity index (χ3n) is 5.06. The molecule has 0 heterocycles. The number of nitro groups is 1. The normalized spacial score (nSPS) is 10.5. The maximum Gasteiger partial charge on any atom is 0.336 e. The molecule has 0 aliphatic heterocycles. The molecule has 1 amide bonds. The van der Waals surface area contributed by atoms with Crippen LogP contribution in [0.15, 0.2) is 66.7 Å². The SMILES string of the molecule is CCc1c(C(=O)O)ccc([N+](=O)[O-])c1NC(=O)CCc1ccccc1-c1ccccc1. The predicted molar refractivity (Wildman–Crippen MR) is 118 cm³/mol. The largest absolute Gasteiger partial charge is 0.478 e. The van der Waals surface area contributed by atoms with Crippen molar-refractivity contribution >= 4 is 23.3 Å². The quantitative estimate of drug-likeness (QED) is 0.391. The minimum absolute atomic E-state index is 0.0475. The number of carbonyl (C=O) groups is 2. The number of benzene rings is 3. The number of nitrogens with zero attached hydrogens (tertiary/aromatic N) is 1. The minimum atomic E-state index is -1.20. The molecule has 0 fully saturated rings. The second kappa shape index (κ2) is 9.67. The third kappa shape index (κ3) is 4.95. The summed E-state index contributed by atoms with van der Waals surface area (Å²) in [5, 5.41) is 23.4. The van der Waals surface area contributed by atoms with E-state index in [-0.39, 0.29) is 35.3 Å². The lowest BCUT2D eigenvalue weighted by Gasteiger charge is -2.14. The van der Waals surface area contributed by atoms with Crippen molar-refractivity contribution in [2.45, 2.75) is 26.2 Å². The molecule has 0 atom stereocenters. The number of nitro benzene ring substituents is 1. The van der Waals surface area contributed by atoms with Crippen LogP contribution in [-0.4, -0.2) is 21.9 Å². The third-order valence-corrected chi connectivity index (χ3v) is 5.06. The van der Waals surface area contributed by atoms with E-state index in [1.807, 2.05) is 54.6 Å². The average Bonchev–Trinajstić information content (AvgIpc) is 2.77. The van der Waals surface area contributed by atoms with Gasteiger partial charge in [-0.2, -0.15) is 0 Å². The second-order valence-electron chi connectivity index (χ2n) is 6.97. The number of anilines is 1. The van der Waals surface area contributed by atoms with E-state index in [0.29, 0.717) is 6.42 Å². The highest BCUT2D eigenvalue weighted by molar-refractivity contribution is 5.99. The van der Waals surface area contributed by atoms with E-state index < -0.39 is 16.8 Å². The number of carboxylic acids is 1. The van der Waals surface area contributed by atoms with Gasteiger partial charge in [-0.15, -0.1) is 0 Å². The van der Waals surface area contributed by atoms with Crippen molar-refractivity contribution < 1.29 is 19.6 Å². The fraction of sp³-hybridized carbons (Fsp3) is 0.167. The van der Waals surface area contributed by atoms with Crippen LogP contribution in [0.25, 0.3) is 11.1 Å². The average molecular weight is 418 g/mol. The Kier molecular flexibility index (Phi) is 6.77. The Morgan fingerprint density at radius 2 is 1.68 bits per heavy atom. The number of nitrogens with one attached hydrogen (secondary N) is 1. The van der Waals surface area contributed by atoms with Crippen LogP contribution in [0, 0.1) is 10.1 Å². The van der Waals surface area contributed by atoms with Crippen LogP contribution in [0.3, 0.4) is 0 Å². The molecule has 158 valence electrons. The number of amides is 1. The standard InChI is InChI=1S/C24H22N2O5/c1-2-18-20(24(28)29)13-14-21(26(30)31)23(18)25-22(27)15-12-17-10-6-7-11-19(17)16-8-4-3-5-9-16/h3-11,13-14H,2,12,15H2,1H3,(H,25,27)(H,28,29). The van der Waals surface area contributed by atoms with Crippen LogP contribution in [0.1, 0.15) is 34.8 Å². The Morgan fingerprint density at radius 1 is 1.00 bits per heavy atom. The van der Waals surface area contributed by atoms with Crippen molar-refractivity contribution in [3.05, 3.63) is 93.5 Å². The number of hydrogen-bond donors (Lipinski definition) is 2. The number of aryl methyl sites for hydroxylation is 1. The van der Waals surface area contributed by atoms with Crippen molar-refractivity contribution in [1.82, 2.24) is 0 Å². The monoisotopic (exact) mass is 418 g/mol. The highest BCUT2D eigenvalue weighted by atomic mass is 16.6. The molecule has 7 nitrogen and oxygen atoms in total. The van der Waals surface area contributed by atoms with Gasteiger partial charge in [-0.05, 0) is 41.2 Å². The molecule has 31 heavy (non-hydrogen) atoms. The Balaban J connectivity index is 1.84. The van der Waals surface area contributed by atoms with E-state index in [9.17, 15) is 24.8 Å². The van der Waals surface area contributed by atoms with Crippen molar-refractivity contribution in [3.8, 4) is 11.1 Å². The molecular weight excluding hydrogens is 396 g/mol. The van der Waals surface area contributed by atoms with E-state index in [1.165, 1.54) is 6.07 Å². The van der Waals surface area contributed by atoms with Gasteiger partial charge < -0.3 is 10.4 Å². The summed E-state index contributed by atoms with van der Waals surface area (Å²) in [4.78, 5) is 35.0. The zero-order chi connectivity index (χ0) is 22.4. The zero-order valence-corrected chi connectivity index (χ0v) is 17.0. The maximum absolute atomic E-state index is 12.7. The first-order chi connectivity index (χ1) is 14.9. The minimum Gasteiger partial charge on any atom is -0.478 e. The molecule has 3 aromatic carbocycles.